The van der Waals surface area contributed by atoms with Crippen LogP contribution in [-0.2, 0) is 16.6 Å². The molecule has 0 bridgehead atoms. The maximum Gasteiger partial charge on any atom is 0.240 e. The van der Waals surface area contributed by atoms with Crippen molar-refractivity contribution < 1.29 is 12.8 Å². The Morgan fingerprint density at radius 3 is 2.63 bits per heavy atom. The van der Waals surface area contributed by atoms with E-state index in [4.69, 9.17) is 5.73 Å². The second-order valence-corrected chi connectivity index (χ2v) is 7.36. The average Bonchev–Trinajstić information content (AvgIpc) is 2.38. The van der Waals surface area contributed by atoms with Gasteiger partial charge in [0.15, 0.2) is 0 Å². The van der Waals surface area contributed by atoms with Crippen LogP contribution >= 0.6 is 11.8 Å². The molecule has 7 heteroatoms. The fourth-order valence-electron chi connectivity index (χ4n) is 1.50. The number of hydrogen-bond donors (Lipinski definition) is 2. The Bertz CT molecular complexity index is 547. The van der Waals surface area contributed by atoms with Crippen LogP contribution in [0.2, 0.25) is 0 Å². The molecule has 0 amide bonds. The summed E-state index contributed by atoms with van der Waals surface area (Å²) in [6.45, 7) is 3.75. The second-order valence-electron chi connectivity index (χ2n) is 4.32. The summed E-state index contributed by atoms with van der Waals surface area (Å²) in [4.78, 5) is 0.0557. The van der Waals surface area contributed by atoms with Crippen molar-refractivity contribution >= 4 is 21.8 Å². The molecule has 4 nitrogen and oxygen atoms in total. The number of thioether (sulfide) groups is 1. The van der Waals surface area contributed by atoms with Crippen LogP contribution in [0, 0.1) is 12.7 Å². The summed E-state index contributed by atoms with van der Waals surface area (Å²) in [7, 11) is -3.62. The van der Waals surface area contributed by atoms with Crippen LogP contribution in [-0.4, -0.2) is 26.5 Å². The van der Waals surface area contributed by atoms with Crippen molar-refractivity contribution in [3.63, 3.8) is 0 Å². The van der Waals surface area contributed by atoms with Gasteiger partial charge in [-0.25, -0.2) is 17.5 Å². The second kappa shape index (κ2) is 6.69. The molecule has 0 saturated heterocycles. The zero-order valence-electron chi connectivity index (χ0n) is 11.2. The van der Waals surface area contributed by atoms with Crippen molar-refractivity contribution in [2.45, 2.75) is 30.5 Å². The Balaban J connectivity index is 3.05. The van der Waals surface area contributed by atoms with E-state index in [1.54, 1.807) is 11.8 Å². The molecule has 0 fully saturated rings. The third-order valence-corrected chi connectivity index (χ3v) is 5.17. The molecular weight excluding hydrogens is 287 g/mol. The minimum Gasteiger partial charge on any atom is -0.326 e. The molecule has 3 N–H and O–H groups in total. The maximum absolute atomic E-state index is 13.6. The first kappa shape index (κ1) is 16.4. The van der Waals surface area contributed by atoms with Crippen molar-refractivity contribution in [1.82, 2.24) is 4.72 Å². The van der Waals surface area contributed by atoms with E-state index >= 15 is 0 Å². The lowest BCUT2D eigenvalue weighted by Crippen LogP contribution is -2.29. The summed E-state index contributed by atoms with van der Waals surface area (Å²) in [5.41, 5.74) is 5.90. The van der Waals surface area contributed by atoms with Crippen LogP contribution in [0.25, 0.3) is 0 Å². The van der Waals surface area contributed by atoms with Gasteiger partial charge in [-0.1, -0.05) is 6.92 Å². The summed E-state index contributed by atoms with van der Waals surface area (Å²) >= 11 is 1.57. The van der Waals surface area contributed by atoms with Gasteiger partial charge in [0.1, 0.15) is 5.82 Å². The van der Waals surface area contributed by atoms with E-state index < -0.39 is 15.8 Å². The van der Waals surface area contributed by atoms with Crippen LogP contribution in [0.4, 0.5) is 4.39 Å². The van der Waals surface area contributed by atoms with E-state index in [-0.39, 0.29) is 27.8 Å². The third-order valence-electron chi connectivity index (χ3n) is 2.80. The van der Waals surface area contributed by atoms with E-state index in [1.165, 1.54) is 19.1 Å². The normalized spacial score (nSPS) is 13.5. The lowest BCUT2D eigenvalue weighted by atomic mass is 10.1. The fourth-order valence-corrected chi connectivity index (χ4v) is 3.13. The van der Waals surface area contributed by atoms with Crippen molar-refractivity contribution in [2.75, 3.05) is 12.8 Å². The zero-order valence-corrected chi connectivity index (χ0v) is 12.9. The minimum atomic E-state index is -3.62. The quantitative estimate of drug-likeness (QED) is 0.838. The van der Waals surface area contributed by atoms with E-state index in [0.29, 0.717) is 6.54 Å². The number of nitrogens with two attached hydrogens (primary N) is 1. The average molecular weight is 306 g/mol. The lowest BCUT2D eigenvalue weighted by molar-refractivity contribution is 0.577. The molecule has 1 aromatic rings. The van der Waals surface area contributed by atoms with Crippen molar-refractivity contribution in [2.24, 2.45) is 5.73 Å². The SMILES string of the molecule is CSC(C)CNS(=O)(=O)c1cc(C)c(F)c(CN)c1. The summed E-state index contributed by atoms with van der Waals surface area (Å²) in [5, 5.41) is 0.172. The number of halogens is 1. The molecule has 0 aliphatic carbocycles. The van der Waals surface area contributed by atoms with Gasteiger partial charge in [-0.15, -0.1) is 0 Å². The van der Waals surface area contributed by atoms with Gasteiger partial charge in [0.05, 0.1) is 4.90 Å². The highest BCUT2D eigenvalue weighted by Gasteiger charge is 2.18. The van der Waals surface area contributed by atoms with Crippen molar-refractivity contribution in [3.05, 3.63) is 29.1 Å². The number of sulfonamides is 1. The number of aryl methyl sites for hydroxylation is 1. The summed E-state index contributed by atoms with van der Waals surface area (Å²) < 4.78 is 40.4. The van der Waals surface area contributed by atoms with Crippen LogP contribution in [0.1, 0.15) is 18.1 Å². The first-order valence-corrected chi connectivity index (χ1v) is 8.60. The minimum absolute atomic E-state index is 0.0305. The highest BCUT2D eigenvalue weighted by Crippen LogP contribution is 2.19. The van der Waals surface area contributed by atoms with E-state index in [0.717, 1.165) is 0 Å². The number of benzene rings is 1. The summed E-state index contributed by atoms with van der Waals surface area (Å²) in [6.07, 6.45) is 1.91. The van der Waals surface area contributed by atoms with Crippen molar-refractivity contribution in [3.8, 4) is 0 Å². The Morgan fingerprint density at radius 2 is 2.11 bits per heavy atom. The highest BCUT2D eigenvalue weighted by molar-refractivity contribution is 7.99. The smallest absolute Gasteiger partial charge is 0.240 e. The van der Waals surface area contributed by atoms with Crippen molar-refractivity contribution in [1.29, 1.82) is 0 Å². The van der Waals surface area contributed by atoms with Gasteiger partial charge < -0.3 is 5.73 Å². The Morgan fingerprint density at radius 1 is 1.47 bits per heavy atom. The van der Waals surface area contributed by atoms with E-state index in [1.807, 2.05) is 13.2 Å². The molecule has 0 aliphatic rings. The van der Waals surface area contributed by atoms with Gasteiger partial charge in [-0.3, -0.25) is 0 Å². The van der Waals surface area contributed by atoms with E-state index in [2.05, 4.69) is 4.72 Å². The molecule has 1 rings (SSSR count). The molecule has 1 unspecified atom stereocenters. The van der Waals surface area contributed by atoms with E-state index in [9.17, 15) is 12.8 Å². The number of hydrogen-bond acceptors (Lipinski definition) is 4. The molecule has 0 aliphatic heterocycles. The largest absolute Gasteiger partial charge is 0.326 e. The lowest BCUT2D eigenvalue weighted by Gasteiger charge is -2.12. The topological polar surface area (TPSA) is 72.2 Å². The molecule has 0 heterocycles. The van der Waals surface area contributed by atoms with Gasteiger partial charge >= 0.3 is 0 Å². The monoisotopic (exact) mass is 306 g/mol. The Hall–Kier alpha value is -0.630. The van der Waals surface area contributed by atoms with Gasteiger partial charge in [0.2, 0.25) is 10.0 Å². The number of nitrogens with one attached hydrogen (secondary N) is 1. The molecule has 1 atom stereocenters. The Kier molecular flexibility index (Phi) is 5.79. The molecule has 19 heavy (non-hydrogen) atoms. The highest BCUT2D eigenvalue weighted by atomic mass is 32.2. The van der Waals surface area contributed by atoms with Crippen LogP contribution in [0.5, 0.6) is 0 Å². The van der Waals surface area contributed by atoms with Gasteiger partial charge in [0.25, 0.3) is 0 Å². The summed E-state index contributed by atoms with van der Waals surface area (Å²) in [6, 6.07) is 2.61. The molecular formula is C12H19FN2O2S2. The van der Waals surface area contributed by atoms with Gasteiger partial charge in [-0.2, -0.15) is 11.8 Å². The van der Waals surface area contributed by atoms with Crippen LogP contribution in [0.3, 0.4) is 0 Å². The molecule has 0 spiro atoms. The Labute approximate surface area is 118 Å². The predicted octanol–water partition coefficient (Wildman–Crippen LogP) is 1.62. The van der Waals surface area contributed by atoms with Crippen LogP contribution < -0.4 is 10.5 Å². The third kappa shape index (κ3) is 4.17. The summed E-state index contributed by atoms with van der Waals surface area (Å²) in [5.74, 6) is -0.445. The molecule has 1 aromatic carbocycles. The number of rotatable bonds is 6. The first-order chi connectivity index (χ1) is 8.81. The van der Waals surface area contributed by atoms with Gasteiger partial charge in [0, 0.05) is 23.9 Å². The maximum atomic E-state index is 13.6. The standard InChI is InChI=1S/C12H19FN2O2S2/c1-8-4-11(5-10(6-14)12(8)13)19(16,17)15-7-9(2)18-3/h4-5,9,15H,6-7,14H2,1-3H3. The molecule has 108 valence electrons. The van der Waals surface area contributed by atoms with Crippen LogP contribution in [0.15, 0.2) is 17.0 Å². The zero-order chi connectivity index (χ0) is 14.6. The molecule has 0 aromatic heterocycles. The molecule has 0 radical (unpaired) electrons. The fraction of sp³-hybridized carbons (Fsp3) is 0.500. The predicted molar refractivity (Wildman–Crippen MR) is 77.2 cm³/mol. The molecule has 0 saturated carbocycles. The first-order valence-electron chi connectivity index (χ1n) is 5.83. The van der Waals surface area contributed by atoms with Gasteiger partial charge in [-0.05, 0) is 30.9 Å².